The van der Waals surface area contributed by atoms with Gasteiger partial charge in [-0.15, -0.1) is 0 Å². The lowest BCUT2D eigenvalue weighted by Crippen LogP contribution is -2.40. The van der Waals surface area contributed by atoms with Crippen LogP contribution in [0.25, 0.3) is 0 Å². The first kappa shape index (κ1) is 12.7. The monoisotopic (exact) mass is 186 g/mol. The summed E-state index contributed by atoms with van der Waals surface area (Å²) in [6.45, 7) is 9.58. The molecule has 0 radical (unpaired) electrons. The second-order valence-corrected chi connectivity index (χ2v) is 4.63. The molecule has 2 heteroatoms. The van der Waals surface area contributed by atoms with Crippen molar-refractivity contribution in [2.45, 2.75) is 52.7 Å². The summed E-state index contributed by atoms with van der Waals surface area (Å²) in [7, 11) is 0. The average molecular weight is 186 g/mol. The molecule has 0 bridgehead atoms. The first-order chi connectivity index (χ1) is 5.73. The van der Waals surface area contributed by atoms with Crippen molar-refractivity contribution in [1.82, 2.24) is 0 Å². The Labute approximate surface area is 81.3 Å². The zero-order valence-electron chi connectivity index (χ0n) is 9.33. The number of hydrogen-bond acceptors (Lipinski definition) is 2. The number of aliphatic hydroxyl groups excluding tert-OH is 1. The van der Waals surface area contributed by atoms with Crippen LogP contribution in [-0.4, -0.2) is 21.9 Å². The maximum Gasteiger partial charge on any atom is 0.0873 e. The largest absolute Gasteiger partial charge is 0.389 e. The van der Waals surface area contributed by atoms with Crippen LogP contribution in [-0.2, 0) is 0 Å². The standard InChI is InChI=1S/C11H22O2/c1-6-11(13,10(3,4)5)8-7-9(2)12/h7-9,12-13H,6H2,1-5H3/b8-7-. The topological polar surface area (TPSA) is 40.5 Å². The Morgan fingerprint density at radius 2 is 1.77 bits per heavy atom. The molecule has 2 N–H and O–H groups in total. The van der Waals surface area contributed by atoms with Gasteiger partial charge in [-0.05, 0) is 18.8 Å². The second kappa shape index (κ2) is 4.25. The van der Waals surface area contributed by atoms with Crippen LogP contribution in [0.15, 0.2) is 12.2 Å². The number of aliphatic hydroxyl groups is 2. The lowest BCUT2D eigenvalue weighted by molar-refractivity contribution is -0.0174. The van der Waals surface area contributed by atoms with Gasteiger partial charge in [0.25, 0.3) is 0 Å². The van der Waals surface area contributed by atoms with Gasteiger partial charge in [0.1, 0.15) is 0 Å². The van der Waals surface area contributed by atoms with Gasteiger partial charge < -0.3 is 10.2 Å². The van der Waals surface area contributed by atoms with Crippen molar-refractivity contribution in [2.75, 3.05) is 0 Å². The van der Waals surface area contributed by atoms with Gasteiger partial charge in [-0.2, -0.15) is 0 Å². The highest BCUT2D eigenvalue weighted by atomic mass is 16.3. The molecule has 0 aromatic heterocycles. The lowest BCUT2D eigenvalue weighted by atomic mass is 9.74. The average Bonchev–Trinajstić information content (AvgIpc) is 1.98. The van der Waals surface area contributed by atoms with E-state index in [9.17, 15) is 5.11 Å². The molecule has 13 heavy (non-hydrogen) atoms. The quantitative estimate of drug-likeness (QED) is 0.663. The van der Waals surface area contributed by atoms with E-state index in [2.05, 4.69) is 0 Å². The van der Waals surface area contributed by atoms with Gasteiger partial charge in [0.2, 0.25) is 0 Å². The van der Waals surface area contributed by atoms with Gasteiger partial charge in [-0.25, -0.2) is 0 Å². The number of rotatable bonds is 3. The van der Waals surface area contributed by atoms with E-state index < -0.39 is 11.7 Å². The molecule has 0 amide bonds. The highest BCUT2D eigenvalue weighted by Crippen LogP contribution is 2.34. The Hall–Kier alpha value is -0.340. The van der Waals surface area contributed by atoms with Crippen LogP contribution in [0.3, 0.4) is 0 Å². The molecule has 0 aliphatic carbocycles. The molecule has 0 aliphatic rings. The lowest BCUT2D eigenvalue weighted by Gasteiger charge is -2.37. The second-order valence-electron chi connectivity index (χ2n) is 4.63. The summed E-state index contributed by atoms with van der Waals surface area (Å²) >= 11 is 0. The summed E-state index contributed by atoms with van der Waals surface area (Å²) in [5.74, 6) is 0. The third-order valence-electron chi connectivity index (χ3n) is 2.49. The summed E-state index contributed by atoms with van der Waals surface area (Å²) in [4.78, 5) is 0. The minimum Gasteiger partial charge on any atom is -0.389 e. The van der Waals surface area contributed by atoms with Gasteiger partial charge in [-0.1, -0.05) is 39.8 Å². The van der Waals surface area contributed by atoms with Crippen LogP contribution in [0.1, 0.15) is 41.0 Å². The van der Waals surface area contributed by atoms with Gasteiger partial charge in [0.05, 0.1) is 11.7 Å². The summed E-state index contributed by atoms with van der Waals surface area (Å²) in [6.07, 6.45) is 3.49. The van der Waals surface area contributed by atoms with Crippen LogP contribution in [0.4, 0.5) is 0 Å². The van der Waals surface area contributed by atoms with Gasteiger partial charge in [0, 0.05) is 0 Å². The Balaban J connectivity index is 4.66. The molecule has 0 saturated heterocycles. The number of hydrogen-bond donors (Lipinski definition) is 2. The SMILES string of the molecule is CCC(O)(/C=C\C(C)O)C(C)(C)C. The molecule has 0 spiro atoms. The molecule has 2 unspecified atom stereocenters. The minimum absolute atomic E-state index is 0.201. The fourth-order valence-corrected chi connectivity index (χ4v) is 1.20. The molecule has 0 aliphatic heterocycles. The van der Waals surface area contributed by atoms with Crippen molar-refractivity contribution in [3.63, 3.8) is 0 Å². The smallest absolute Gasteiger partial charge is 0.0873 e. The Morgan fingerprint density at radius 1 is 1.31 bits per heavy atom. The van der Waals surface area contributed by atoms with Crippen molar-refractivity contribution in [1.29, 1.82) is 0 Å². The molecule has 2 atom stereocenters. The van der Waals surface area contributed by atoms with E-state index in [4.69, 9.17) is 5.11 Å². The molecule has 0 rings (SSSR count). The Kier molecular flexibility index (Phi) is 4.14. The molecule has 0 fully saturated rings. The third kappa shape index (κ3) is 3.49. The summed E-state index contributed by atoms with van der Waals surface area (Å²) in [5, 5.41) is 19.3. The van der Waals surface area contributed by atoms with E-state index in [0.717, 1.165) is 0 Å². The highest BCUT2D eigenvalue weighted by molar-refractivity contribution is 5.07. The van der Waals surface area contributed by atoms with E-state index in [1.54, 1.807) is 19.1 Å². The van der Waals surface area contributed by atoms with Crippen LogP contribution in [0.2, 0.25) is 0 Å². The van der Waals surface area contributed by atoms with Crippen LogP contribution in [0.5, 0.6) is 0 Å². The van der Waals surface area contributed by atoms with Crippen LogP contribution in [0, 0.1) is 5.41 Å². The Bertz CT molecular complexity index is 177. The van der Waals surface area contributed by atoms with Crippen molar-refractivity contribution in [3.8, 4) is 0 Å². The van der Waals surface area contributed by atoms with E-state index in [1.165, 1.54) is 0 Å². The Morgan fingerprint density at radius 3 is 2.00 bits per heavy atom. The van der Waals surface area contributed by atoms with E-state index in [1.807, 2.05) is 27.7 Å². The van der Waals surface area contributed by atoms with Crippen molar-refractivity contribution in [3.05, 3.63) is 12.2 Å². The first-order valence-electron chi connectivity index (χ1n) is 4.83. The predicted octanol–water partition coefficient (Wildman–Crippen LogP) is 2.11. The minimum atomic E-state index is -0.829. The molecule has 0 aromatic carbocycles. The normalized spacial score (nSPS) is 20.2. The summed E-state index contributed by atoms with van der Waals surface area (Å²) in [5.41, 5.74) is -1.03. The van der Waals surface area contributed by atoms with E-state index in [0.29, 0.717) is 6.42 Å². The van der Waals surface area contributed by atoms with Gasteiger partial charge in [-0.3, -0.25) is 0 Å². The molecule has 2 nitrogen and oxygen atoms in total. The van der Waals surface area contributed by atoms with Gasteiger partial charge >= 0.3 is 0 Å². The van der Waals surface area contributed by atoms with Crippen molar-refractivity contribution < 1.29 is 10.2 Å². The molecule has 0 aromatic rings. The van der Waals surface area contributed by atoms with Crippen molar-refractivity contribution >= 4 is 0 Å². The highest BCUT2D eigenvalue weighted by Gasteiger charge is 2.35. The molecule has 0 saturated carbocycles. The predicted molar refractivity (Wildman–Crippen MR) is 55.5 cm³/mol. The summed E-state index contributed by atoms with van der Waals surface area (Å²) < 4.78 is 0. The molecule has 78 valence electrons. The zero-order valence-corrected chi connectivity index (χ0v) is 9.33. The van der Waals surface area contributed by atoms with E-state index in [-0.39, 0.29) is 5.41 Å². The van der Waals surface area contributed by atoms with Crippen molar-refractivity contribution in [2.24, 2.45) is 5.41 Å². The van der Waals surface area contributed by atoms with Crippen LogP contribution >= 0.6 is 0 Å². The summed E-state index contributed by atoms with van der Waals surface area (Å²) in [6, 6.07) is 0. The zero-order chi connectivity index (χ0) is 10.7. The molecular weight excluding hydrogens is 164 g/mol. The maximum absolute atomic E-state index is 10.2. The third-order valence-corrected chi connectivity index (χ3v) is 2.49. The fourth-order valence-electron chi connectivity index (χ4n) is 1.20. The van der Waals surface area contributed by atoms with Crippen LogP contribution < -0.4 is 0 Å². The first-order valence-corrected chi connectivity index (χ1v) is 4.83. The molecular formula is C11H22O2. The maximum atomic E-state index is 10.2. The molecule has 0 heterocycles. The van der Waals surface area contributed by atoms with E-state index >= 15 is 0 Å². The van der Waals surface area contributed by atoms with Gasteiger partial charge in [0.15, 0.2) is 0 Å². The fraction of sp³-hybridized carbons (Fsp3) is 0.818.